The van der Waals surface area contributed by atoms with Crippen molar-refractivity contribution in [2.75, 3.05) is 5.32 Å². The van der Waals surface area contributed by atoms with Crippen LogP contribution in [-0.2, 0) is 18.3 Å². The number of aromatic nitrogens is 3. The predicted molar refractivity (Wildman–Crippen MR) is 106 cm³/mol. The van der Waals surface area contributed by atoms with Gasteiger partial charge in [-0.3, -0.25) is 9.59 Å². The molecule has 0 radical (unpaired) electrons. The van der Waals surface area contributed by atoms with Gasteiger partial charge in [0.25, 0.3) is 5.56 Å². The van der Waals surface area contributed by atoms with Gasteiger partial charge >= 0.3 is 0 Å². The molecular weight excluding hydrogens is 359 g/mol. The van der Waals surface area contributed by atoms with Crippen molar-refractivity contribution in [1.82, 2.24) is 14.5 Å². The standard InChI is InChI=1S/C21H17FN4O2/c1-26-9-7-17-16(21(26)28)12-18(24-17)14-6-8-23-19(11-14)25-20(27)10-13-2-4-15(22)5-3-13/h2-9,11-12,24H,10H2,1H3,(H,23,25,27). The first-order valence-electron chi connectivity index (χ1n) is 8.69. The maximum absolute atomic E-state index is 13.0. The summed E-state index contributed by atoms with van der Waals surface area (Å²) in [5, 5.41) is 3.34. The molecule has 0 aliphatic carbocycles. The zero-order valence-electron chi connectivity index (χ0n) is 15.1. The lowest BCUT2D eigenvalue weighted by molar-refractivity contribution is -0.115. The molecule has 4 rings (SSSR count). The number of fused-ring (bicyclic) bond motifs is 1. The molecular formula is C21H17FN4O2. The van der Waals surface area contributed by atoms with Crippen LogP contribution in [0.15, 0.2) is 65.7 Å². The lowest BCUT2D eigenvalue weighted by Crippen LogP contribution is -2.15. The number of aromatic amines is 1. The van der Waals surface area contributed by atoms with E-state index >= 15 is 0 Å². The third-order valence-corrected chi connectivity index (χ3v) is 4.48. The lowest BCUT2D eigenvalue weighted by atomic mass is 10.1. The van der Waals surface area contributed by atoms with E-state index in [-0.39, 0.29) is 23.7 Å². The van der Waals surface area contributed by atoms with Gasteiger partial charge in [-0.05, 0) is 42.0 Å². The minimum Gasteiger partial charge on any atom is -0.354 e. The van der Waals surface area contributed by atoms with Crippen molar-refractivity contribution in [3.63, 3.8) is 0 Å². The van der Waals surface area contributed by atoms with E-state index in [0.29, 0.717) is 16.8 Å². The third kappa shape index (κ3) is 3.55. The largest absolute Gasteiger partial charge is 0.354 e. The molecule has 6 nitrogen and oxygen atoms in total. The number of hydrogen-bond acceptors (Lipinski definition) is 3. The van der Waals surface area contributed by atoms with Gasteiger partial charge in [-0.1, -0.05) is 12.1 Å². The average Bonchev–Trinajstić information content (AvgIpc) is 3.12. The topological polar surface area (TPSA) is 79.8 Å². The quantitative estimate of drug-likeness (QED) is 0.574. The zero-order valence-corrected chi connectivity index (χ0v) is 15.1. The first kappa shape index (κ1) is 17.7. The highest BCUT2D eigenvalue weighted by Crippen LogP contribution is 2.23. The van der Waals surface area contributed by atoms with E-state index in [0.717, 1.165) is 16.8 Å². The zero-order chi connectivity index (χ0) is 19.7. The number of benzene rings is 1. The highest BCUT2D eigenvalue weighted by atomic mass is 19.1. The fraction of sp³-hybridized carbons (Fsp3) is 0.0952. The second-order valence-electron chi connectivity index (χ2n) is 6.52. The van der Waals surface area contributed by atoms with Gasteiger partial charge in [0, 0.05) is 30.7 Å². The lowest BCUT2D eigenvalue weighted by Gasteiger charge is -2.06. The maximum Gasteiger partial charge on any atom is 0.259 e. The maximum atomic E-state index is 13.0. The Labute approximate surface area is 159 Å². The van der Waals surface area contributed by atoms with Crippen molar-refractivity contribution in [1.29, 1.82) is 0 Å². The van der Waals surface area contributed by atoms with Crippen LogP contribution in [0.1, 0.15) is 5.56 Å². The highest BCUT2D eigenvalue weighted by molar-refractivity contribution is 5.92. The smallest absolute Gasteiger partial charge is 0.259 e. The van der Waals surface area contributed by atoms with Gasteiger partial charge in [-0.25, -0.2) is 9.37 Å². The Hall–Kier alpha value is -3.74. The van der Waals surface area contributed by atoms with Crippen molar-refractivity contribution >= 4 is 22.6 Å². The molecule has 1 aromatic carbocycles. The minimum absolute atomic E-state index is 0.0816. The summed E-state index contributed by atoms with van der Waals surface area (Å²) in [6.07, 6.45) is 3.42. The van der Waals surface area contributed by atoms with Crippen molar-refractivity contribution in [3.05, 3.63) is 82.7 Å². The Morgan fingerprint density at radius 3 is 2.75 bits per heavy atom. The number of nitrogens with zero attached hydrogens (tertiary/aromatic N) is 2. The summed E-state index contributed by atoms with van der Waals surface area (Å²) in [4.78, 5) is 31.9. The Morgan fingerprint density at radius 1 is 1.18 bits per heavy atom. The molecule has 3 heterocycles. The molecule has 0 bridgehead atoms. The van der Waals surface area contributed by atoms with Crippen LogP contribution in [0.2, 0.25) is 0 Å². The van der Waals surface area contributed by atoms with Crippen molar-refractivity contribution < 1.29 is 9.18 Å². The van der Waals surface area contributed by atoms with Gasteiger partial charge in [0.1, 0.15) is 11.6 Å². The minimum atomic E-state index is -0.341. The van der Waals surface area contributed by atoms with Crippen LogP contribution >= 0.6 is 0 Å². The Balaban J connectivity index is 1.56. The molecule has 7 heteroatoms. The molecule has 4 aromatic rings. The molecule has 0 unspecified atom stereocenters. The Bertz CT molecular complexity index is 1230. The number of carbonyl (C=O) groups excluding carboxylic acids is 1. The number of amides is 1. The summed E-state index contributed by atoms with van der Waals surface area (Å²) in [5.41, 5.74) is 2.93. The molecule has 3 aromatic heterocycles. The number of pyridine rings is 2. The molecule has 0 aliphatic heterocycles. The van der Waals surface area contributed by atoms with Gasteiger partial charge in [-0.2, -0.15) is 0 Å². The SMILES string of the molecule is Cn1ccc2[nH]c(-c3ccnc(NC(=O)Cc4ccc(F)cc4)c3)cc2c1=O. The van der Waals surface area contributed by atoms with E-state index in [9.17, 15) is 14.0 Å². The summed E-state index contributed by atoms with van der Waals surface area (Å²) in [5.74, 6) is -0.190. The summed E-state index contributed by atoms with van der Waals surface area (Å²) >= 11 is 0. The monoisotopic (exact) mass is 376 g/mol. The molecule has 0 saturated heterocycles. The number of aryl methyl sites for hydroxylation is 1. The van der Waals surface area contributed by atoms with E-state index < -0.39 is 0 Å². The number of carbonyl (C=O) groups is 1. The summed E-state index contributed by atoms with van der Waals surface area (Å²) < 4.78 is 14.5. The van der Waals surface area contributed by atoms with Crippen LogP contribution in [0.5, 0.6) is 0 Å². The fourth-order valence-electron chi connectivity index (χ4n) is 3.02. The Morgan fingerprint density at radius 2 is 1.96 bits per heavy atom. The van der Waals surface area contributed by atoms with E-state index in [1.807, 2.05) is 6.07 Å². The number of rotatable bonds is 4. The summed E-state index contributed by atoms with van der Waals surface area (Å²) in [7, 11) is 1.70. The molecule has 2 N–H and O–H groups in total. The van der Waals surface area contributed by atoms with Crippen LogP contribution < -0.4 is 10.9 Å². The number of H-pyrrole nitrogens is 1. The van der Waals surface area contributed by atoms with Crippen LogP contribution in [0.4, 0.5) is 10.2 Å². The van der Waals surface area contributed by atoms with Gasteiger partial charge in [-0.15, -0.1) is 0 Å². The summed E-state index contributed by atoms with van der Waals surface area (Å²) in [6, 6.07) is 12.9. The van der Waals surface area contributed by atoms with Crippen molar-refractivity contribution in [3.8, 4) is 11.3 Å². The average molecular weight is 376 g/mol. The molecule has 0 spiro atoms. The first-order valence-corrected chi connectivity index (χ1v) is 8.69. The fourth-order valence-corrected chi connectivity index (χ4v) is 3.02. The van der Waals surface area contributed by atoms with Crippen LogP contribution in [0.25, 0.3) is 22.2 Å². The molecule has 1 amide bonds. The second kappa shape index (κ2) is 7.11. The second-order valence-corrected chi connectivity index (χ2v) is 6.52. The number of anilines is 1. The number of halogens is 1. The first-order chi connectivity index (χ1) is 13.5. The molecule has 140 valence electrons. The van der Waals surface area contributed by atoms with E-state index in [1.165, 1.54) is 16.7 Å². The van der Waals surface area contributed by atoms with Gasteiger partial charge in [0.2, 0.25) is 5.91 Å². The molecule has 28 heavy (non-hydrogen) atoms. The van der Waals surface area contributed by atoms with Gasteiger partial charge in [0.15, 0.2) is 0 Å². The van der Waals surface area contributed by atoms with E-state index in [2.05, 4.69) is 15.3 Å². The molecule has 0 fully saturated rings. The highest BCUT2D eigenvalue weighted by Gasteiger charge is 2.10. The normalized spacial score (nSPS) is 10.9. The van der Waals surface area contributed by atoms with Crippen molar-refractivity contribution in [2.24, 2.45) is 7.05 Å². The molecule has 0 atom stereocenters. The van der Waals surface area contributed by atoms with Crippen LogP contribution in [0.3, 0.4) is 0 Å². The Kier molecular flexibility index (Phi) is 4.49. The van der Waals surface area contributed by atoms with Crippen LogP contribution in [0, 0.1) is 5.82 Å². The van der Waals surface area contributed by atoms with Gasteiger partial charge in [0.05, 0.1) is 17.3 Å². The van der Waals surface area contributed by atoms with Crippen LogP contribution in [-0.4, -0.2) is 20.4 Å². The van der Waals surface area contributed by atoms with Crippen molar-refractivity contribution in [2.45, 2.75) is 6.42 Å². The predicted octanol–water partition coefficient (Wildman–Crippen LogP) is 3.25. The van der Waals surface area contributed by atoms with E-state index in [4.69, 9.17) is 0 Å². The molecule has 0 saturated carbocycles. The number of nitrogens with one attached hydrogen (secondary N) is 2. The third-order valence-electron chi connectivity index (χ3n) is 4.48. The number of hydrogen-bond donors (Lipinski definition) is 2. The summed E-state index contributed by atoms with van der Waals surface area (Å²) in [6.45, 7) is 0. The van der Waals surface area contributed by atoms with E-state index in [1.54, 1.807) is 49.8 Å². The van der Waals surface area contributed by atoms with Gasteiger partial charge < -0.3 is 14.9 Å². The molecule has 0 aliphatic rings.